The number of carbonyl (C=O) groups is 1. The number of amides is 1. The van der Waals surface area contributed by atoms with Gasteiger partial charge in [-0.3, -0.25) is 4.79 Å². The first-order valence-electron chi connectivity index (χ1n) is 6.91. The van der Waals surface area contributed by atoms with E-state index in [1.54, 1.807) is 4.90 Å². The molecule has 0 bridgehead atoms. The van der Waals surface area contributed by atoms with Crippen LogP contribution in [0.2, 0.25) is 0 Å². The number of halogens is 1. The molecule has 1 heterocycles. The number of carbonyl (C=O) groups excluding carboxylic acids is 1. The lowest BCUT2D eigenvalue weighted by molar-refractivity contribution is 0.0752. The Balaban J connectivity index is 1.77. The van der Waals surface area contributed by atoms with Crippen molar-refractivity contribution in [2.75, 3.05) is 20.2 Å². The van der Waals surface area contributed by atoms with E-state index in [0.717, 1.165) is 12.8 Å². The van der Waals surface area contributed by atoms with Crippen LogP contribution >= 0.6 is 0 Å². The minimum absolute atomic E-state index is 0.0790. The van der Waals surface area contributed by atoms with E-state index in [1.807, 2.05) is 0 Å². The smallest absolute Gasteiger partial charge is 0.254 e. The fourth-order valence-corrected chi connectivity index (χ4v) is 3.38. The van der Waals surface area contributed by atoms with Gasteiger partial charge in [0.25, 0.3) is 5.91 Å². The highest BCUT2D eigenvalue weighted by Crippen LogP contribution is 2.38. The van der Waals surface area contributed by atoms with E-state index in [9.17, 15) is 14.3 Å². The quantitative estimate of drug-likeness (QED) is 0.896. The lowest BCUT2D eigenvalue weighted by atomic mass is 10.00. The molecule has 108 valence electrons. The van der Waals surface area contributed by atoms with Gasteiger partial charge in [-0.2, -0.15) is 0 Å². The maximum atomic E-state index is 13.4. The van der Waals surface area contributed by atoms with Crippen molar-refractivity contribution < 1.29 is 19.0 Å². The first kappa shape index (κ1) is 13.4. The molecule has 2 aliphatic rings. The largest absolute Gasteiger partial charge is 0.494 e. The topological polar surface area (TPSA) is 49.8 Å². The van der Waals surface area contributed by atoms with E-state index in [-0.39, 0.29) is 23.7 Å². The molecular weight excluding hydrogens is 261 g/mol. The summed E-state index contributed by atoms with van der Waals surface area (Å²) in [5.74, 6) is 0.0792. The number of aliphatic hydroxyl groups excluding tert-OH is 1. The Labute approximate surface area is 117 Å². The second-order valence-corrected chi connectivity index (χ2v) is 5.63. The predicted molar refractivity (Wildman–Crippen MR) is 71.1 cm³/mol. The molecule has 1 aliphatic heterocycles. The SMILES string of the molecule is COc1cc(C(=O)N2CC3CCC(O)C3C2)ccc1F. The van der Waals surface area contributed by atoms with Crippen LogP contribution in [0.4, 0.5) is 4.39 Å². The summed E-state index contributed by atoms with van der Waals surface area (Å²) in [5, 5.41) is 9.88. The van der Waals surface area contributed by atoms with Crippen molar-refractivity contribution in [2.45, 2.75) is 18.9 Å². The van der Waals surface area contributed by atoms with Gasteiger partial charge in [0.2, 0.25) is 0 Å². The number of likely N-dealkylation sites (tertiary alicyclic amines) is 1. The van der Waals surface area contributed by atoms with Crippen LogP contribution in [0.25, 0.3) is 0 Å². The zero-order valence-electron chi connectivity index (χ0n) is 11.4. The van der Waals surface area contributed by atoms with E-state index in [4.69, 9.17) is 4.74 Å². The molecule has 1 saturated carbocycles. The van der Waals surface area contributed by atoms with Crippen LogP contribution < -0.4 is 4.74 Å². The molecule has 2 fully saturated rings. The fourth-order valence-electron chi connectivity index (χ4n) is 3.38. The Morgan fingerprint density at radius 3 is 2.90 bits per heavy atom. The van der Waals surface area contributed by atoms with Gasteiger partial charge in [-0.15, -0.1) is 0 Å². The van der Waals surface area contributed by atoms with Crippen LogP contribution in [0.1, 0.15) is 23.2 Å². The number of methoxy groups -OCH3 is 1. The molecule has 20 heavy (non-hydrogen) atoms. The van der Waals surface area contributed by atoms with Crippen molar-refractivity contribution in [3.8, 4) is 5.75 Å². The molecule has 3 unspecified atom stereocenters. The Kier molecular flexibility index (Phi) is 3.38. The summed E-state index contributed by atoms with van der Waals surface area (Å²) in [7, 11) is 1.38. The molecule has 1 N–H and O–H groups in total. The molecule has 1 aromatic carbocycles. The predicted octanol–water partition coefficient (Wildman–Crippen LogP) is 1.68. The number of ether oxygens (including phenoxy) is 1. The van der Waals surface area contributed by atoms with Crippen molar-refractivity contribution in [3.63, 3.8) is 0 Å². The number of benzene rings is 1. The number of rotatable bonds is 2. The van der Waals surface area contributed by atoms with Crippen molar-refractivity contribution in [3.05, 3.63) is 29.6 Å². The molecule has 3 atom stereocenters. The maximum absolute atomic E-state index is 13.4. The first-order valence-corrected chi connectivity index (χ1v) is 6.91. The molecule has 4 nitrogen and oxygen atoms in total. The second kappa shape index (κ2) is 5.05. The van der Waals surface area contributed by atoms with Gasteiger partial charge in [0, 0.05) is 24.6 Å². The molecule has 5 heteroatoms. The van der Waals surface area contributed by atoms with Gasteiger partial charge in [-0.1, -0.05) is 0 Å². The van der Waals surface area contributed by atoms with Gasteiger partial charge in [0.15, 0.2) is 11.6 Å². The molecule has 0 radical (unpaired) electrons. The van der Waals surface area contributed by atoms with Crippen molar-refractivity contribution in [2.24, 2.45) is 11.8 Å². The maximum Gasteiger partial charge on any atom is 0.254 e. The van der Waals surface area contributed by atoms with Crippen molar-refractivity contribution in [1.29, 1.82) is 0 Å². The highest BCUT2D eigenvalue weighted by atomic mass is 19.1. The second-order valence-electron chi connectivity index (χ2n) is 5.63. The summed E-state index contributed by atoms with van der Waals surface area (Å²) in [5.41, 5.74) is 0.428. The molecule has 1 saturated heterocycles. The van der Waals surface area contributed by atoms with E-state index in [0.29, 0.717) is 24.6 Å². The number of fused-ring (bicyclic) bond motifs is 1. The van der Waals surface area contributed by atoms with Gasteiger partial charge in [-0.05, 0) is 37.0 Å². The fraction of sp³-hybridized carbons (Fsp3) is 0.533. The van der Waals surface area contributed by atoms with Crippen LogP contribution in [0, 0.1) is 17.7 Å². The summed E-state index contributed by atoms with van der Waals surface area (Å²) in [6.07, 6.45) is 1.52. The van der Waals surface area contributed by atoms with Crippen LogP contribution in [0.5, 0.6) is 5.75 Å². The molecule has 3 rings (SSSR count). The minimum Gasteiger partial charge on any atom is -0.494 e. The zero-order chi connectivity index (χ0) is 14.3. The highest BCUT2D eigenvalue weighted by Gasteiger charge is 2.43. The highest BCUT2D eigenvalue weighted by molar-refractivity contribution is 5.94. The summed E-state index contributed by atoms with van der Waals surface area (Å²) >= 11 is 0. The van der Waals surface area contributed by atoms with Crippen LogP contribution in [-0.4, -0.2) is 42.2 Å². The van der Waals surface area contributed by atoms with E-state index in [1.165, 1.54) is 25.3 Å². The summed E-state index contributed by atoms with van der Waals surface area (Å²) < 4.78 is 18.3. The van der Waals surface area contributed by atoms with Gasteiger partial charge in [0.1, 0.15) is 0 Å². The van der Waals surface area contributed by atoms with E-state index in [2.05, 4.69) is 0 Å². The molecule has 1 amide bonds. The Morgan fingerprint density at radius 2 is 2.20 bits per heavy atom. The lowest BCUT2D eigenvalue weighted by Crippen LogP contribution is -2.31. The third kappa shape index (κ3) is 2.16. The van der Waals surface area contributed by atoms with E-state index >= 15 is 0 Å². The molecular formula is C15H18FNO3. The van der Waals surface area contributed by atoms with Crippen molar-refractivity contribution in [1.82, 2.24) is 4.90 Å². The Bertz CT molecular complexity index is 534. The summed E-state index contributed by atoms with van der Waals surface area (Å²) in [6, 6.07) is 4.16. The first-order chi connectivity index (χ1) is 9.60. The normalized spacial score (nSPS) is 28.6. The van der Waals surface area contributed by atoms with E-state index < -0.39 is 5.82 Å². The van der Waals surface area contributed by atoms with Crippen molar-refractivity contribution >= 4 is 5.91 Å². The van der Waals surface area contributed by atoms with Gasteiger partial charge >= 0.3 is 0 Å². The third-order valence-corrected chi connectivity index (χ3v) is 4.50. The number of nitrogens with zero attached hydrogens (tertiary/aromatic N) is 1. The Morgan fingerprint density at radius 1 is 1.40 bits per heavy atom. The van der Waals surface area contributed by atoms with Crippen LogP contribution in [0.15, 0.2) is 18.2 Å². The molecule has 1 aromatic rings. The Hall–Kier alpha value is -1.62. The van der Waals surface area contributed by atoms with Gasteiger partial charge in [-0.25, -0.2) is 4.39 Å². The van der Waals surface area contributed by atoms with Crippen LogP contribution in [-0.2, 0) is 0 Å². The van der Waals surface area contributed by atoms with Crippen LogP contribution in [0.3, 0.4) is 0 Å². The molecule has 1 aliphatic carbocycles. The number of hydrogen-bond acceptors (Lipinski definition) is 3. The summed E-state index contributed by atoms with van der Waals surface area (Å²) in [6.45, 7) is 1.27. The van der Waals surface area contributed by atoms with Gasteiger partial charge in [0.05, 0.1) is 13.2 Å². The average Bonchev–Trinajstić information content (AvgIpc) is 3.01. The standard InChI is InChI=1S/C15H18FNO3/c1-20-14-6-9(2-4-12(14)16)15(19)17-7-10-3-5-13(18)11(10)8-17/h2,4,6,10-11,13,18H,3,5,7-8H2,1H3. The molecule has 0 aromatic heterocycles. The number of aliphatic hydroxyl groups is 1. The molecule has 0 spiro atoms. The van der Waals surface area contributed by atoms with Gasteiger partial charge < -0.3 is 14.7 Å². The minimum atomic E-state index is -0.474. The monoisotopic (exact) mass is 279 g/mol. The third-order valence-electron chi connectivity index (χ3n) is 4.50. The summed E-state index contributed by atoms with van der Waals surface area (Å²) in [4.78, 5) is 14.2. The number of hydrogen-bond donors (Lipinski definition) is 1. The lowest BCUT2D eigenvalue weighted by Gasteiger charge is -2.18. The average molecular weight is 279 g/mol. The zero-order valence-corrected chi connectivity index (χ0v) is 11.4.